The van der Waals surface area contributed by atoms with Gasteiger partial charge in [-0.05, 0) is 29.3 Å². The molecule has 2 aromatic rings. The van der Waals surface area contributed by atoms with Crippen LogP contribution in [0.5, 0.6) is 0 Å². The van der Waals surface area contributed by atoms with E-state index in [4.69, 9.17) is 5.26 Å². The van der Waals surface area contributed by atoms with Crippen molar-refractivity contribution < 1.29 is 20.4 Å². The third kappa shape index (κ3) is 4.07. The first kappa shape index (κ1) is 19.2. The number of aliphatic hydroxyl groups is 4. The Morgan fingerprint density at radius 3 is 2.62 bits per heavy atom. The average Bonchev–Trinajstić information content (AvgIpc) is 2.68. The summed E-state index contributed by atoms with van der Waals surface area (Å²) in [7, 11) is 0. The van der Waals surface area contributed by atoms with Crippen molar-refractivity contribution in [1.82, 2.24) is 0 Å². The molecule has 7 heteroatoms. The van der Waals surface area contributed by atoms with E-state index < -0.39 is 24.4 Å². The Morgan fingerprint density at radius 1 is 1.08 bits per heavy atom. The highest BCUT2D eigenvalue weighted by atomic mass is 32.2. The molecule has 0 aromatic heterocycles. The molecule has 1 fully saturated rings. The van der Waals surface area contributed by atoms with E-state index in [0.717, 1.165) is 4.90 Å². The zero-order valence-corrected chi connectivity index (χ0v) is 15.4. The predicted octanol–water partition coefficient (Wildman–Crippen LogP) is 1.89. The molecule has 0 aliphatic carbocycles. The van der Waals surface area contributed by atoms with Crippen molar-refractivity contribution in [3.63, 3.8) is 0 Å². The number of aliphatic hydroxyl groups excluding tert-OH is 4. The molecule has 1 saturated heterocycles. The fourth-order valence-corrected chi connectivity index (χ4v) is 5.56. The summed E-state index contributed by atoms with van der Waals surface area (Å²) in [5.41, 5.74) is 1.76. The summed E-state index contributed by atoms with van der Waals surface area (Å²) in [6.45, 7) is 0. The Kier molecular flexibility index (Phi) is 6.24. The third-order valence-corrected chi connectivity index (χ3v) is 7.22. The molecule has 136 valence electrons. The van der Waals surface area contributed by atoms with Crippen LogP contribution in [-0.4, -0.2) is 49.1 Å². The van der Waals surface area contributed by atoms with E-state index in [1.807, 2.05) is 18.2 Å². The van der Waals surface area contributed by atoms with Gasteiger partial charge in [0.1, 0.15) is 18.3 Å². The van der Waals surface area contributed by atoms with Gasteiger partial charge in [-0.15, -0.1) is 23.5 Å². The van der Waals surface area contributed by atoms with Crippen LogP contribution in [0.15, 0.2) is 53.4 Å². The van der Waals surface area contributed by atoms with Crippen molar-refractivity contribution in [2.75, 3.05) is 5.75 Å². The molecule has 1 aliphatic heterocycles. The van der Waals surface area contributed by atoms with Gasteiger partial charge in [0.25, 0.3) is 0 Å². The molecule has 0 amide bonds. The number of nitrogens with zero attached hydrogens (tertiary/aromatic N) is 1. The van der Waals surface area contributed by atoms with E-state index in [9.17, 15) is 20.4 Å². The van der Waals surface area contributed by atoms with Gasteiger partial charge in [-0.2, -0.15) is 5.26 Å². The largest absolute Gasteiger partial charge is 0.389 e. The summed E-state index contributed by atoms with van der Waals surface area (Å²) in [4.78, 5) is 0.780. The van der Waals surface area contributed by atoms with E-state index in [1.54, 1.807) is 30.3 Å². The molecule has 1 heterocycles. The molecule has 5 nitrogen and oxygen atoms in total. The van der Waals surface area contributed by atoms with Crippen molar-refractivity contribution in [2.24, 2.45) is 0 Å². The van der Waals surface area contributed by atoms with Crippen LogP contribution in [0.3, 0.4) is 0 Å². The molecule has 26 heavy (non-hydrogen) atoms. The van der Waals surface area contributed by atoms with Gasteiger partial charge in [0.2, 0.25) is 0 Å². The lowest BCUT2D eigenvalue weighted by Crippen LogP contribution is -2.47. The Morgan fingerprint density at radius 2 is 1.85 bits per heavy atom. The molecular weight excluding hydrogens is 370 g/mol. The molecular formula is C19H19NO4S2. The number of benzene rings is 2. The maximum absolute atomic E-state index is 10.8. The molecule has 5 atom stereocenters. The van der Waals surface area contributed by atoms with Crippen LogP contribution in [0.25, 0.3) is 0 Å². The molecule has 1 unspecified atom stereocenters. The fourth-order valence-electron chi connectivity index (χ4n) is 2.78. The van der Waals surface area contributed by atoms with Gasteiger partial charge in [0.15, 0.2) is 0 Å². The first-order valence-corrected chi connectivity index (χ1v) is 10.0. The van der Waals surface area contributed by atoms with Gasteiger partial charge >= 0.3 is 0 Å². The first-order chi connectivity index (χ1) is 12.5. The van der Waals surface area contributed by atoms with Crippen LogP contribution in [-0.2, 0) is 0 Å². The highest BCUT2D eigenvalue weighted by Crippen LogP contribution is 2.41. The van der Waals surface area contributed by atoms with Gasteiger partial charge in [-0.25, -0.2) is 0 Å². The molecule has 0 saturated carbocycles. The van der Waals surface area contributed by atoms with E-state index in [-0.39, 0.29) is 4.58 Å². The third-order valence-electron chi connectivity index (χ3n) is 4.24. The van der Waals surface area contributed by atoms with E-state index >= 15 is 0 Å². The zero-order chi connectivity index (χ0) is 18.7. The standard InChI is InChI=1S/C19H19NO4S2/c20-9-11-4-3-5-12(8-11)16(22)13-6-1-2-7-15(13)26-19-18(24)17(23)14(21)10-25-19/h1-8,14,16-19,21-24H,10H2/t14-,16?,17+,18-,19+/m1/s1. The van der Waals surface area contributed by atoms with Crippen molar-refractivity contribution in [1.29, 1.82) is 5.26 Å². The lowest BCUT2D eigenvalue weighted by molar-refractivity contribution is -0.0474. The molecule has 4 N–H and O–H groups in total. The number of hydrogen-bond acceptors (Lipinski definition) is 7. The normalized spacial score (nSPS) is 26.9. The summed E-state index contributed by atoms with van der Waals surface area (Å²) < 4.78 is -0.354. The lowest BCUT2D eigenvalue weighted by atomic mass is 10.00. The monoisotopic (exact) mass is 389 g/mol. The van der Waals surface area contributed by atoms with Gasteiger partial charge < -0.3 is 20.4 Å². The summed E-state index contributed by atoms with van der Waals surface area (Å²) in [5, 5.41) is 49.7. The average molecular weight is 389 g/mol. The van der Waals surface area contributed by atoms with Crippen molar-refractivity contribution in [3.8, 4) is 6.07 Å². The molecule has 2 aromatic carbocycles. The molecule has 0 spiro atoms. The molecule has 0 bridgehead atoms. The smallest absolute Gasteiger partial charge is 0.108 e. The summed E-state index contributed by atoms with van der Waals surface area (Å²) >= 11 is 2.73. The van der Waals surface area contributed by atoms with E-state index in [0.29, 0.717) is 22.4 Å². The van der Waals surface area contributed by atoms with E-state index in [2.05, 4.69) is 6.07 Å². The number of hydrogen-bond donors (Lipinski definition) is 4. The second-order valence-corrected chi connectivity index (χ2v) is 8.70. The Balaban J connectivity index is 1.85. The van der Waals surface area contributed by atoms with Crippen molar-refractivity contribution in [2.45, 2.75) is 33.9 Å². The van der Waals surface area contributed by atoms with Crippen LogP contribution in [0.1, 0.15) is 22.8 Å². The molecule has 0 radical (unpaired) electrons. The highest BCUT2D eigenvalue weighted by molar-refractivity contribution is 8.17. The van der Waals surface area contributed by atoms with Crippen molar-refractivity contribution >= 4 is 23.5 Å². The van der Waals surface area contributed by atoms with Crippen LogP contribution >= 0.6 is 23.5 Å². The quantitative estimate of drug-likeness (QED) is 0.633. The Hall–Kier alpha value is -1.53. The van der Waals surface area contributed by atoms with Crippen LogP contribution in [0, 0.1) is 11.3 Å². The van der Waals surface area contributed by atoms with Gasteiger partial charge in [0, 0.05) is 10.6 Å². The van der Waals surface area contributed by atoms with Crippen molar-refractivity contribution in [3.05, 3.63) is 65.2 Å². The maximum atomic E-state index is 10.8. The number of rotatable bonds is 4. The minimum absolute atomic E-state index is 0.338. The van der Waals surface area contributed by atoms with Crippen LogP contribution in [0.4, 0.5) is 0 Å². The molecule has 3 rings (SSSR count). The number of nitriles is 1. The Labute approximate surface area is 160 Å². The SMILES string of the molecule is N#Cc1cccc(C(O)c2ccccc2S[C@@H]2SC[C@@H](O)[C@H](O)[C@H]2O)c1. The maximum Gasteiger partial charge on any atom is 0.108 e. The fraction of sp³-hybridized carbons (Fsp3) is 0.316. The summed E-state index contributed by atoms with van der Waals surface area (Å²) in [5.74, 6) is 0.338. The summed E-state index contributed by atoms with van der Waals surface area (Å²) in [6.07, 6.45) is -4.10. The topological polar surface area (TPSA) is 105 Å². The highest BCUT2D eigenvalue weighted by Gasteiger charge is 2.38. The second kappa shape index (κ2) is 8.44. The predicted molar refractivity (Wildman–Crippen MR) is 102 cm³/mol. The van der Waals surface area contributed by atoms with E-state index in [1.165, 1.54) is 23.5 Å². The molecule has 1 aliphatic rings. The zero-order valence-electron chi connectivity index (χ0n) is 13.8. The van der Waals surface area contributed by atoms with Crippen LogP contribution in [0.2, 0.25) is 0 Å². The van der Waals surface area contributed by atoms with Gasteiger partial charge in [0.05, 0.1) is 22.3 Å². The Bertz CT molecular complexity index is 810. The number of thioether (sulfide) groups is 2. The minimum atomic E-state index is -1.18. The summed E-state index contributed by atoms with van der Waals surface area (Å²) in [6, 6.07) is 16.2. The second-order valence-electron chi connectivity index (χ2n) is 6.05. The minimum Gasteiger partial charge on any atom is -0.389 e. The van der Waals surface area contributed by atoms with Gasteiger partial charge in [-0.3, -0.25) is 0 Å². The first-order valence-electron chi connectivity index (χ1n) is 8.10. The lowest BCUT2D eigenvalue weighted by Gasteiger charge is -2.34. The van der Waals surface area contributed by atoms with Crippen LogP contribution < -0.4 is 0 Å². The van der Waals surface area contributed by atoms with Gasteiger partial charge in [-0.1, -0.05) is 30.3 Å².